The fraction of sp³-hybridized carbons (Fsp3) is 0.269. The molecule has 164 valence electrons. The Morgan fingerprint density at radius 3 is 2.75 bits per heavy atom. The van der Waals surface area contributed by atoms with E-state index in [2.05, 4.69) is 21.7 Å². The van der Waals surface area contributed by atoms with Gasteiger partial charge in [0, 0.05) is 25.5 Å². The van der Waals surface area contributed by atoms with Crippen molar-refractivity contribution in [3.8, 4) is 0 Å². The number of nitrogens with one attached hydrogen (secondary N) is 2. The van der Waals surface area contributed by atoms with Crippen LogP contribution in [0.5, 0.6) is 0 Å². The summed E-state index contributed by atoms with van der Waals surface area (Å²) >= 11 is 0. The summed E-state index contributed by atoms with van der Waals surface area (Å²) < 4.78 is 13.5. The van der Waals surface area contributed by atoms with Gasteiger partial charge >= 0.3 is 0 Å². The highest BCUT2D eigenvalue weighted by Crippen LogP contribution is 2.27. The molecule has 1 aromatic carbocycles. The van der Waals surface area contributed by atoms with E-state index < -0.39 is 0 Å². The number of hydrogen-bond donors (Lipinski definition) is 2. The number of carbonyl (C=O) groups is 1. The zero-order valence-corrected chi connectivity index (χ0v) is 18.0. The lowest BCUT2D eigenvalue weighted by Crippen LogP contribution is -2.25. The van der Waals surface area contributed by atoms with Crippen molar-refractivity contribution in [1.29, 1.82) is 0 Å². The molecule has 4 rings (SSSR count). The van der Waals surface area contributed by atoms with Crippen LogP contribution in [-0.4, -0.2) is 22.4 Å². The van der Waals surface area contributed by atoms with E-state index in [1.807, 2.05) is 30.3 Å². The van der Waals surface area contributed by atoms with E-state index in [0.29, 0.717) is 30.9 Å². The van der Waals surface area contributed by atoms with E-state index in [1.165, 1.54) is 24.1 Å². The van der Waals surface area contributed by atoms with Gasteiger partial charge in [0.15, 0.2) is 0 Å². The normalized spacial score (nSPS) is 13.3. The number of nitrogens with zero attached hydrogens (tertiary/aromatic N) is 2. The van der Waals surface area contributed by atoms with Crippen molar-refractivity contribution in [3.63, 3.8) is 0 Å². The Bertz CT molecular complexity index is 1100. The van der Waals surface area contributed by atoms with Gasteiger partial charge in [0.1, 0.15) is 11.6 Å². The van der Waals surface area contributed by atoms with Crippen molar-refractivity contribution in [2.24, 2.45) is 0 Å². The number of amides is 1. The maximum Gasteiger partial charge on any atom is 0.255 e. The topological polar surface area (TPSA) is 66.9 Å². The highest BCUT2D eigenvalue weighted by atomic mass is 19.1. The van der Waals surface area contributed by atoms with Crippen LogP contribution in [0.3, 0.4) is 0 Å². The van der Waals surface area contributed by atoms with Crippen molar-refractivity contribution in [1.82, 2.24) is 15.3 Å². The Hall–Kier alpha value is -3.54. The van der Waals surface area contributed by atoms with Gasteiger partial charge in [0.2, 0.25) is 0 Å². The van der Waals surface area contributed by atoms with Gasteiger partial charge < -0.3 is 10.6 Å². The number of allylic oxidation sites excluding steroid dienone is 2. The fourth-order valence-electron chi connectivity index (χ4n) is 3.82. The summed E-state index contributed by atoms with van der Waals surface area (Å²) in [4.78, 5) is 21.8. The molecule has 0 unspecified atom stereocenters. The molecule has 1 amide bonds. The van der Waals surface area contributed by atoms with Gasteiger partial charge in [-0.3, -0.25) is 9.78 Å². The van der Waals surface area contributed by atoms with E-state index >= 15 is 0 Å². The highest BCUT2D eigenvalue weighted by Gasteiger charge is 2.16. The number of aromatic nitrogens is 2. The molecule has 5 nitrogen and oxygen atoms in total. The molecule has 0 aliphatic heterocycles. The van der Waals surface area contributed by atoms with Crippen molar-refractivity contribution in [2.75, 3.05) is 11.9 Å². The van der Waals surface area contributed by atoms with Crippen molar-refractivity contribution < 1.29 is 9.18 Å². The fourth-order valence-corrected chi connectivity index (χ4v) is 3.82. The van der Waals surface area contributed by atoms with Crippen LogP contribution in [0.1, 0.15) is 52.9 Å². The lowest BCUT2D eigenvalue weighted by molar-refractivity contribution is 0.0951. The molecule has 2 heterocycles. The molecule has 0 spiro atoms. The summed E-state index contributed by atoms with van der Waals surface area (Å²) in [5, 5.41) is 6.25. The van der Waals surface area contributed by atoms with Gasteiger partial charge in [-0.2, -0.15) is 0 Å². The molecule has 32 heavy (non-hydrogen) atoms. The predicted molar refractivity (Wildman–Crippen MR) is 125 cm³/mol. The third-order valence-corrected chi connectivity index (χ3v) is 5.53. The van der Waals surface area contributed by atoms with Gasteiger partial charge in [0.05, 0.1) is 11.3 Å². The largest absolute Gasteiger partial charge is 0.369 e. The number of hydrogen-bond acceptors (Lipinski definition) is 4. The Morgan fingerprint density at radius 1 is 1.06 bits per heavy atom. The minimum atomic E-state index is -0.248. The molecule has 0 bridgehead atoms. The SMILES string of the molecule is O=C(NCc1cccnc1)c1ccc(C2=CCCCC2)nc1NCCc1cccc(F)c1. The zero-order chi connectivity index (χ0) is 22.2. The monoisotopic (exact) mass is 430 g/mol. The Kier molecular flexibility index (Phi) is 7.23. The van der Waals surface area contributed by atoms with Crippen LogP contribution in [0.25, 0.3) is 5.57 Å². The predicted octanol–water partition coefficient (Wildman–Crippen LogP) is 5.16. The van der Waals surface area contributed by atoms with Crippen molar-refractivity contribution in [2.45, 2.75) is 38.6 Å². The van der Waals surface area contributed by atoms with Crippen molar-refractivity contribution in [3.05, 3.63) is 95.2 Å². The quantitative estimate of drug-likeness (QED) is 0.518. The number of carbonyl (C=O) groups excluding carboxylic acids is 1. The first-order valence-electron chi connectivity index (χ1n) is 11.0. The standard InChI is InChI=1S/C26H27FN4O/c27-22-10-4-6-19(16-22)13-15-29-25-23(26(32)30-18-20-7-5-14-28-17-20)11-12-24(31-25)21-8-2-1-3-9-21/h4-8,10-12,14,16-17H,1-3,9,13,15,18H2,(H,29,31)(H,30,32). The van der Waals surface area contributed by atoms with Gasteiger partial charge in [-0.15, -0.1) is 0 Å². The number of halogens is 1. The van der Waals surface area contributed by atoms with E-state index in [-0.39, 0.29) is 11.7 Å². The Labute approximate surface area is 187 Å². The zero-order valence-electron chi connectivity index (χ0n) is 18.0. The second-order valence-corrected chi connectivity index (χ2v) is 7.92. The van der Waals surface area contributed by atoms with Gasteiger partial charge in [-0.25, -0.2) is 9.37 Å². The van der Waals surface area contributed by atoms with Gasteiger partial charge in [0.25, 0.3) is 5.91 Å². The molecule has 6 heteroatoms. The average Bonchev–Trinajstić information content (AvgIpc) is 2.84. The van der Waals surface area contributed by atoms with Crippen LogP contribution < -0.4 is 10.6 Å². The van der Waals surface area contributed by atoms with E-state index in [0.717, 1.165) is 36.1 Å². The van der Waals surface area contributed by atoms with Crippen molar-refractivity contribution >= 4 is 17.3 Å². The first-order valence-corrected chi connectivity index (χ1v) is 11.0. The van der Waals surface area contributed by atoms with Crippen LogP contribution in [0, 0.1) is 5.82 Å². The van der Waals surface area contributed by atoms with Gasteiger partial charge in [-0.1, -0.05) is 24.3 Å². The number of pyridine rings is 2. The van der Waals surface area contributed by atoms with Gasteiger partial charge in [-0.05, 0) is 79.1 Å². The lowest BCUT2D eigenvalue weighted by atomic mass is 9.96. The van der Waals surface area contributed by atoms with Crippen LogP contribution in [0.2, 0.25) is 0 Å². The van der Waals surface area contributed by atoms with Crippen LogP contribution in [-0.2, 0) is 13.0 Å². The molecule has 0 atom stereocenters. The third kappa shape index (κ3) is 5.78. The minimum absolute atomic E-state index is 0.196. The van der Waals surface area contributed by atoms with E-state index in [1.54, 1.807) is 18.5 Å². The maximum absolute atomic E-state index is 13.5. The molecule has 2 aromatic heterocycles. The number of rotatable bonds is 8. The van der Waals surface area contributed by atoms with Crippen LogP contribution in [0.4, 0.5) is 10.2 Å². The summed E-state index contributed by atoms with van der Waals surface area (Å²) in [5.74, 6) is 0.107. The molecule has 1 aliphatic carbocycles. The number of benzene rings is 1. The Balaban J connectivity index is 1.50. The molecular formula is C26H27FN4O. The molecular weight excluding hydrogens is 403 g/mol. The summed E-state index contributed by atoms with van der Waals surface area (Å²) in [5.41, 5.74) is 4.45. The first-order chi connectivity index (χ1) is 15.7. The Morgan fingerprint density at radius 2 is 1.97 bits per heavy atom. The molecule has 1 aliphatic rings. The third-order valence-electron chi connectivity index (χ3n) is 5.53. The minimum Gasteiger partial charge on any atom is -0.369 e. The van der Waals surface area contributed by atoms with E-state index in [9.17, 15) is 9.18 Å². The summed E-state index contributed by atoms with van der Waals surface area (Å²) in [7, 11) is 0. The number of anilines is 1. The average molecular weight is 431 g/mol. The molecule has 0 radical (unpaired) electrons. The molecule has 2 N–H and O–H groups in total. The molecule has 0 fully saturated rings. The molecule has 0 saturated heterocycles. The first kappa shape index (κ1) is 21.7. The maximum atomic E-state index is 13.5. The molecule has 0 saturated carbocycles. The van der Waals surface area contributed by atoms with E-state index in [4.69, 9.17) is 4.98 Å². The second-order valence-electron chi connectivity index (χ2n) is 7.92. The molecule has 3 aromatic rings. The van der Waals surface area contributed by atoms with Crippen LogP contribution in [0.15, 0.2) is 67.0 Å². The lowest BCUT2D eigenvalue weighted by Gasteiger charge is -2.16. The van der Waals surface area contributed by atoms with Crippen LogP contribution >= 0.6 is 0 Å². The summed E-state index contributed by atoms with van der Waals surface area (Å²) in [6.45, 7) is 0.935. The summed E-state index contributed by atoms with van der Waals surface area (Å²) in [6.07, 6.45) is 10.7. The highest BCUT2D eigenvalue weighted by molar-refractivity contribution is 5.99. The smallest absolute Gasteiger partial charge is 0.255 e. The second kappa shape index (κ2) is 10.7. The summed E-state index contributed by atoms with van der Waals surface area (Å²) in [6, 6.07) is 14.1.